The van der Waals surface area contributed by atoms with Crippen molar-refractivity contribution in [2.24, 2.45) is 66.8 Å². The van der Waals surface area contributed by atoms with Gasteiger partial charge in [-0.05, 0) is 76.2 Å². The van der Waals surface area contributed by atoms with Crippen LogP contribution in [0.25, 0.3) is 0 Å². The van der Waals surface area contributed by atoms with Gasteiger partial charge in [0.15, 0.2) is 17.9 Å². The number of carboxylic acid groups (broad SMARTS) is 1. The third-order valence-electron chi connectivity index (χ3n) is 11.1. The van der Waals surface area contributed by atoms with Gasteiger partial charge in [0.2, 0.25) is 53.2 Å². The zero-order valence-corrected chi connectivity index (χ0v) is 44.6. The molecule has 9 amide bonds. The molecule has 1 aromatic rings. The Kier molecular flexibility index (Phi) is 31.4. The van der Waals surface area contributed by atoms with Gasteiger partial charge in [0.1, 0.15) is 48.3 Å². The highest BCUT2D eigenvalue weighted by Crippen LogP contribution is 2.11. The van der Waals surface area contributed by atoms with E-state index in [4.69, 9.17) is 45.9 Å². The second kappa shape index (κ2) is 36.1. The quantitative estimate of drug-likeness (QED) is 0.0166. The van der Waals surface area contributed by atoms with Crippen molar-refractivity contribution in [3.05, 3.63) is 18.2 Å². The fourth-order valence-electron chi connectivity index (χ4n) is 6.99. The van der Waals surface area contributed by atoms with E-state index in [1.807, 2.05) is 0 Å². The van der Waals surface area contributed by atoms with Crippen molar-refractivity contribution in [3.8, 4) is 0 Å². The molecule has 0 spiro atoms. The van der Waals surface area contributed by atoms with Crippen molar-refractivity contribution in [2.45, 2.75) is 133 Å². The van der Waals surface area contributed by atoms with E-state index in [2.05, 4.69) is 67.5 Å². The number of aromatic nitrogens is 2. The largest absolute Gasteiger partial charge is 0.480 e. The first-order valence-corrected chi connectivity index (χ1v) is 25.9. The van der Waals surface area contributed by atoms with Crippen LogP contribution in [0.3, 0.4) is 0 Å². The Morgan fingerprint density at radius 3 is 1.36 bits per heavy atom. The number of nitrogens with two attached hydrogens (primary N) is 8. The molecule has 32 nitrogen and oxygen atoms in total. The maximum Gasteiger partial charge on any atom is 0.326 e. The molecule has 33 heteroatoms. The Labute approximate surface area is 449 Å². The van der Waals surface area contributed by atoms with Crippen LogP contribution in [-0.4, -0.2) is 179 Å². The number of thioether (sulfide) groups is 1. The predicted molar refractivity (Wildman–Crippen MR) is 286 cm³/mol. The monoisotopic (exact) mass is 1110 g/mol. The zero-order valence-electron chi connectivity index (χ0n) is 43.8. The third-order valence-corrected chi connectivity index (χ3v) is 11.7. The molecular weight excluding hydrogens is 1030 g/mol. The minimum Gasteiger partial charge on any atom is -0.480 e. The van der Waals surface area contributed by atoms with Crippen molar-refractivity contribution >= 4 is 88.8 Å². The number of aromatic amines is 1. The van der Waals surface area contributed by atoms with E-state index in [1.54, 1.807) is 20.1 Å². The van der Waals surface area contributed by atoms with Gasteiger partial charge >= 0.3 is 5.97 Å². The van der Waals surface area contributed by atoms with Crippen LogP contribution in [0.15, 0.2) is 27.5 Å². The number of rotatable bonds is 38. The van der Waals surface area contributed by atoms with E-state index in [-0.39, 0.29) is 95.3 Å². The van der Waals surface area contributed by atoms with Gasteiger partial charge in [-0.1, -0.05) is 13.8 Å². The lowest BCUT2D eigenvalue weighted by Gasteiger charge is -2.28. The van der Waals surface area contributed by atoms with Crippen LogP contribution in [0.5, 0.6) is 0 Å². The second-order valence-electron chi connectivity index (χ2n) is 17.8. The van der Waals surface area contributed by atoms with E-state index in [9.17, 15) is 53.1 Å². The molecule has 0 aromatic carbocycles. The number of hydrogen-bond acceptors (Lipinski definition) is 16. The number of amides is 9. The minimum atomic E-state index is -1.55. The molecule has 0 saturated heterocycles. The fraction of sp³-hybridized carbons (Fsp3) is 0.636. The van der Waals surface area contributed by atoms with Gasteiger partial charge in [0, 0.05) is 44.4 Å². The van der Waals surface area contributed by atoms with Crippen LogP contribution in [-0.2, 0) is 54.4 Å². The lowest BCUT2D eigenvalue weighted by molar-refractivity contribution is -0.142. The molecule has 1 rings (SSSR count). The van der Waals surface area contributed by atoms with Gasteiger partial charge in [-0.2, -0.15) is 11.8 Å². The number of H-pyrrole nitrogens is 1. The molecule has 77 heavy (non-hydrogen) atoms. The molecule has 8 atom stereocenters. The highest BCUT2D eigenvalue weighted by Gasteiger charge is 2.35. The molecule has 0 aliphatic heterocycles. The second-order valence-corrected chi connectivity index (χ2v) is 18.8. The summed E-state index contributed by atoms with van der Waals surface area (Å²) in [5, 5.41) is 30.0. The number of carbonyl (C=O) groups is 10. The van der Waals surface area contributed by atoms with Crippen molar-refractivity contribution < 1.29 is 53.1 Å². The summed E-state index contributed by atoms with van der Waals surface area (Å²) in [5.41, 5.74) is 44.2. The Hall–Kier alpha value is -7.97. The summed E-state index contributed by atoms with van der Waals surface area (Å²) in [7, 11) is 0. The van der Waals surface area contributed by atoms with Crippen molar-refractivity contribution in [1.82, 2.24) is 52.5 Å². The summed E-state index contributed by atoms with van der Waals surface area (Å²) in [6.45, 7) is 4.16. The highest BCUT2D eigenvalue weighted by atomic mass is 32.2. The minimum absolute atomic E-state index is 0.00114. The predicted octanol–water partition coefficient (Wildman–Crippen LogP) is -7.27. The number of imidazole rings is 1. The molecule has 0 saturated carbocycles. The van der Waals surface area contributed by atoms with E-state index < -0.39 is 126 Å². The van der Waals surface area contributed by atoms with Gasteiger partial charge in [-0.3, -0.25) is 58.1 Å². The van der Waals surface area contributed by atoms with Crippen LogP contribution in [0, 0.1) is 5.92 Å². The standard InChI is InChI=1S/C44H79N21O11S/c1-22(2)33(40(74)58-23(3)34(68)64-30(41(75)76)18-24-20-53-21-57-24)65-39(73)27(10-7-16-56-44(51)52)61-36(70)26(9-6-15-55-43(49)50)60-37(71)28(11-12-31(46)66)62-38(72)29(13-17-77-4)63-35(69)25(59-32(67)19-45)8-5-14-54-42(47)48/h20-23,25-30,33H,5-19,45H2,1-4H3,(H2,46,66)(H,53,57)(H,58,74)(H,59,67)(H,60,71)(H,61,70)(H,62,72)(H,63,69)(H,64,68)(H,65,73)(H,75,76)(H4,47,48,54)(H4,49,50,55)(H4,51,52,56)/t23-,25-,26-,27-,28-,29-,30-,33-/m0/s1. The summed E-state index contributed by atoms with van der Waals surface area (Å²) < 4.78 is 0. The molecule has 0 aliphatic rings. The maximum absolute atomic E-state index is 14.3. The van der Waals surface area contributed by atoms with Gasteiger partial charge in [0.25, 0.3) is 0 Å². The van der Waals surface area contributed by atoms with E-state index in [1.165, 1.54) is 31.2 Å². The Balaban J connectivity index is 3.54. The molecular formula is C44H79N21O11S. The number of guanidine groups is 3. The number of nitrogens with one attached hydrogen (secondary N) is 9. The summed E-state index contributed by atoms with van der Waals surface area (Å²) >= 11 is 1.34. The number of aliphatic carboxylic acids is 1. The number of carboxylic acids is 1. The Morgan fingerprint density at radius 2 is 0.987 bits per heavy atom. The Bertz CT molecular complexity index is 2200. The molecule has 0 fully saturated rings. The summed E-state index contributed by atoms with van der Waals surface area (Å²) in [5.74, 6) is -9.95. The highest BCUT2D eigenvalue weighted by molar-refractivity contribution is 7.98. The number of primary amides is 1. The summed E-state index contributed by atoms with van der Waals surface area (Å²) in [4.78, 5) is 152. The molecule has 1 heterocycles. The van der Waals surface area contributed by atoms with Gasteiger partial charge in [-0.25, -0.2) is 9.78 Å². The van der Waals surface area contributed by atoms with Crippen LogP contribution in [0.4, 0.5) is 0 Å². The molecule has 0 aliphatic carbocycles. The van der Waals surface area contributed by atoms with Crippen LogP contribution < -0.4 is 88.4 Å². The lowest BCUT2D eigenvalue weighted by atomic mass is 10.0. The van der Waals surface area contributed by atoms with E-state index in [0.29, 0.717) is 11.4 Å². The molecule has 0 unspecified atom stereocenters. The maximum atomic E-state index is 14.3. The van der Waals surface area contributed by atoms with Crippen molar-refractivity contribution in [2.75, 3.05) is 38.2 Å². The van der Waals surface area contributed by atoms with E-state index in [0.717, 1.165) is 0 Å². The molecule has 26 N–H and O–H groups in total. The average molecular weight is 1110 g/mol. The SMILES string of the molecule is CSCC[C@H](NC(=O)[C@H](CCCN=C(N)N)NC(=O)CN)C(=O)N[C@@H](CCC(N)=O)C(=O)N[C@@H](CCCN=C(N)N)C(=O)N[C@@H](CCCN=C(N)N)C(=O)N[C@H](C(=O)N[C@@H](C)C(=O)N[C@@H](Cc1cnc[nH]1)C(=O)O)C(C)C. The molecule has 0 bridgehead atoms. The molecule has 432 valence electrons. The van der Waals surface area contributed by atoms with E-state index >= 15 is 0 Å². The lowest BCUT2D eigenvalue weighted by Crippen LogP contribution is -2.60. The number of hydrogen-bond donors (Lipinski definition) is 18. The third kappa shape index (κ3) is 27.9. The first kappa shape index (κ1) is 67.0. The zero-order chi connectivity index (χ0) is 58.2. The normalized spacial score (nSPS) is 13.9. The smallest absolute Gasteiger partial charge is 0.326 e. The van der Waals surface area contributed by atoms with Gasteiger partial charge < -0.3 is 98.5 Å². The fourth-order valence-corrected chi connectivity index (χ4v) is 7.46. The molecule has 1 aromatic heterocycles. The summed E-state index contributed by atoms with van der Waals surface area (Å²) in [6.07, 6.45) is 3.74. The van der Waals surface area contributed by atoms with Crippen molar-refractivity contribution in [3.63, 3.8) is 0 Å². The number of nitrogens with zero attached hydrogens (tertiary/aromatic N) is 4. The number of carbonyl (C=O) groups excluding carboxylic acids is 9. The molecule has 0 radical (unpaired) electrons. The van der Waals surface area contributed by atoms with Crippen molar-refractivity contribution in [1.29, 1.82) is 0 Å². The van der Waals surface area contributed by atoms with Crippen LogP contribution in [0.1, 0.15) is 84.3 Å². The van der Waals surface area contributed by atoms with Gasteiger partial charge in [-0.15, -0.1) is 0 Å². The first-order valence-electron chi connectivity index (χ1n) is 24.5. The topological polar surface area (TPSA) is 561 Å². The first-order chi connectivity index (χ1) is 36.3. The summed E-state index contributed by atoms with van der Waals surface area (Å²) in [6, 6.07) is -10.9. The average Bonchev–Trinajstić information content (AvgIpc) is 3.88. The Morgan fingerprint density at radius 1 is 0.571 bits per heavy atom. The number of aliphatic imine (C=N–C) groups is 3. The van der Waals surface area contributed by atoms with Crippen LogP contribution >= 0.6 is 11.8 Å². The van der Waals surface area contributed by atoms with Gasteiger partial charge in [0.05, 0.1) is 12.9 Å². The van der Waals surface area contributed by atoms with Crippen LogP contribution in [0.2, 0.25) is 0 Å².